The summed E-state index contributed by atoms with van der Waals surface area (Å²) in [5.74, 6) is -0.467. The van der Waals surface area contributed by atoms with Crippen LogP contribution in [0, 0.1) is 5.82 Å². The summed E-state index contributed by atoms with van der Waals surface area (Å²) in [5, 5.41) is 15.9. The predicted molar refractivity (Wildman–Crippen MR) is 164 cm³/mol. The van der Waals surface area contributed by atoms with E-state index in [1.165, 1.54) is 22.8 Å². The van der Waals surface area contributed by atoms with Crippen LogP contribution in [-0.4, -0.2) is 68.8 Å². The molecule has 2 aromatic heterocycles. The maximum absolute atomic E-state index is 15.2. The molecule has 0 atom stereocenters. The molecule has 0 saturated carbocycles. The van der Waals surface area contributed by atoms with Gasteiger partial charge in [-0.25, -0.2) is 14.4 Å². The molecule has 0 unspecified atom stereocenters. The number of hydrogen-bond acceptors (Lipinski definition) is 8. The fourth-order valence-electron chi connectivity index (χ4n) is 5.13. The summed E-state index contributed by atoms with van der Waals surface area (Å²) in [6.45, 7) is 10.4. The molecule has 4 aromatic rings. The lowest BCUT2D eigenvalue weighted by molar-refractivity contribution is -0.111. The Kier molecular flexibility index (Phi) is 8.06. The van der Waals surface area contributed by atoms with Crippen molar-refractivity contribution in [3.63, 3.8) is 0 Å². The van der Waals surface area contributed by atoms with Crippen LogP contribution < -0.4 is 21.1 Å². The zero-order chi connectivity index (χ0) is 30.0. The molecule has 5 rings (SSSR count). The number of aromatic nitrogens is 3. The third kappa shape index (κ3) is 6.48. The molecule has 1 aliphatic rings. The van der Waals surface area contributed by atoms with Gasteiger partial charge in [0, 0.05) is 62.8 Å². The molecule has 2 aromatic carbocycles. The minimum absolute atomic E-state index is 0.235. The number of nitrogens with zero attached hydrogens (tertiary/aromatic N) is 5. The highest BCUT2D eigenvalue weighted by molar-refractivity contribution is 6.00. The number of aliphatic hydroxyl groups is 1. The number of pyridine rings is 1. The first kappa shape index (κ1) is 28.9. The highest BCUT2D eigenvalue weighted by atomic mass is 19.1. The largest absolute Gasteiger partial charge is 0.389 e. The molecule has 0 bridgehead atoms. The topological polar surface area (TPSA) is 116 Å². The Labute approximate surface area is 243 Å². The first-order valence-electron chi connectivity index (χ1n) is 13.7. The molecule has 10 nitrogen and oxygen atoms in total. The monoisotopic (exact) mass is 571 g/mol. The number of rotatable bonds is 8. The number of carbonyl (C=O) groups is 1. The van der Waals surface area contributed by atoms with Crippen LogP contribution in [0.2, 0.25) is 0 Å². The molecule has 11 heteroatoms. The van der Waals surface area contributed by atoms with Gasteiger partial charge in [-0.2, -0.15) is 0 Å². The molecule has 0 aliphatic carbocycles. The fourth-order valence-corrected chi connectivity index (χ4v) is 5.13. The summed E-state index contributed by atoms with van der Waals surface area (Å²) in [5.41, 5.74) is 2.83. The second-order valence-corrected chi connectivity index (χ2v) is 11.0. The molecular weight excluding hydrogens is 537 g/mol. The SMILES string of the molecule is C=CC(=O)Nc1cccc(-c2cc(=O)n(C)c3cnc(Nc4ccc(N5CCN(CC(C)(C)O)CC5)c(F)c4)nc23)c1. The number of β-amino-alcohol motifs (C(OH)–C–C–N with tert-alkyl or cyclic N) is 1. The smallest absolute Gasteiger partial charge is 0.251 e. The van der Waals surface area contributed by atoms with Gasteiger partial charge in [0.2, 0.25) is 11.9 Å². The van der Waals surface area contributed by atoms with Crippen LogP contribution in [0.5, 0.6) is 0 Å². The molecule has 3 heterocycles. The van der Waals surface area contributed by atoms with Crippen LogP contribution >= 0.6 is 0 Å². The Morgan fingerprint density at radius 2 is 1.88 bits per heavy atom. The van der Waals surface area contributed by atoms with Gasteiger partial charge >= 0.3 is 0 Å². The van der Waals surface area contributed by atoms with E-state index in [1.807, 2.05) is 11.0 Å². The lowest BCUT2D eigenvalue weighted by Crippen LogP contribution is -2.50. The lowest BCUT2D eigenvalue weighted by atomic mass is 10.0. The number of hydrogen-bond donors (Lipinski definition) is 3. The van der Waals surface area contributed by atoms with Crippen LogP contribution in [0.25, 0.3) is 22.2 Å². The molecular formula is C31H34FN7O3. The van der Waals surface area contributed by atoms with E-state index in [4.69, 9.17) is 4.98 Å². The van der Waals surface area contributed by atoms with E-state index in [0.717, 1.165) is 13.1 Å². The summed E-state index contributed by atoms with van der Waals surface area (Å²) in [6.07, 6.45) is 2.73. The molecule has 1 saturated heterocycles. The number of halogens is 1. The highest BCUT2D eigenvalue weighted by Crippen LogP contribution is 2.30. The van der Waals surface area contributed by atoms with Crippen LogP contribution in [0.4, 0.5) is 27.4 Å². The average molecular weight is 572 g/mol. The third-order valence-electron chi connectivity index (χ3n) is 7.14. The molecule has 0 radical (unpaired) electrons. The number of amides is 1. The van der Waals surface area contributed by atoms with Crippen molar-refractivity contribution >= 4 is 40.0 Å². The van der Waals surface area contributed by atoms with Crippen molar-refractivity contribution in [3.8, 4) is 11.1 Å². The van der Waals surface area contributed by atoms with Gasteiger partial charge in [0.05, 0.1) is 23.0 Å². The Hall–Kier alpha value is -4.61. The van der Waals surface area contributed by atoms with Crippen molar-refractivity contribution < 1.29 is 14.3 Å². The van der Waals surface area contributed by atoms with E-state index in [0.29, 0.717) is 58.9 Å². The van der Waals surface area contributed by atoms with Gasteiger partial charge in [-0.05, 0) is 55.8 Å². The van der Waals surface area contributed by atoms with Crippen LogP contribution in [0.15, 0.2) is 72.2 Å². The minimum Gasteiger partial charge on any atom is -0.389 e. The van der Waals surface area contributed by atoms with E-state index in [-0.39, 0.29) is 23.2 Å². The normalized spacial score (nSPS) is 14.2. The summed E-state index contributed by atoms with van der Waals surface area (Å²) in [6, 6.07) is 13.5. The summed E-state index contributed by atoms with van der Waals surface area (Å²) in [7, 11) is 1.64. The van der Waals surface area contributed by atoms with Gasteiger partial charge in [0.15, 0.2) is 0 Å². The van der Waals surface area contributed by atoms with Gasteiger partial charge in [-0.15, -0.1) is 0 Å². The quantitative estimate of drug-likeness (QED) is 0.273. The fraction of sp³-hybridized carbons (Fsp3) is 0.290. The zero-order valence-electron chi connectivity index (χ0n) is 23.9. The molecule has 1 aliphatic heterocycles. The number of piperazine rings is 1. The number of nitrogens with one attached hydrogen (secondary N) is 2. The van der Waals surface area contributed by atoms with Gasteiger partial charge in [-0.1, -0.05) is 18.7 Å². The van der Waals surface area contributed by atoms with Crippen molar-refractivity contribution in [2.45, 2.75) is 19.4 Å². The molecule has 42 heavy (non-hydrogen) atoms. The Balaban J connectivity index is 1.39. The maximum atomic E-state index is 15.2. The van der Waals surface area contributed by atoms with Crippen LogP contribution in [0.1, 0.15) is 13.8 Å². The summed E-state index contributed by atoms with van der Waals surface area (Å²) < 4.78 is 16.7. The van der Waals surface area contributed by atoms with Crippen molar-refractivity contribution in [2.75, 3.05) is 48.3 Å². The predicted octanol–water partition coefficient (Wildman–Crippen LogP) is 3.90. The minimum atomic E-state index is -0.770. The third-order valence-corrected chi connectivity index (χ3v) is 7.14. The Morgan fingerprint density at radius 1 is 1.12 bits per heavy atom. The van der Waals surface area contributed by atoms with E-state index >= 15 is 4.39 Å². The van der Waals surface area contributed by atoms with Gasteiger partial charge in [-0.3, -0.25) is 14.5 Å². The Bertz CT molecular complexity index is 1710. The lowest BCUT2D eigenvalue weighted by Gasteiger charge is -2.38. The Morgan fingerprint density at radius 3 is 2.57 bits per heavy atom. The van der Waals surface area contributed by atoms with Gasteiger partial charge in [0.1, 0.15) is 11.3 Å². The maximum Gasteiger partial charge on any atom is 0.251 e. The number of fused-ring (bicyclic) bond motifs is 1. The second kappa shape index (κ2) is 11.7. The van der Waals surface area contributed by atoms with E-state index in [2.05, 4.69) is 27.1 Å². The van der Waals surface area contributed by atoms with Crippen LogP contribution in [-0.2, 0) is 11.8 Å². The average Bonchev–Trinajstić information content (AvgIpc) is 2.95. The number of aryl methyl sites for hydroxylation is 1. The molecule has 1 amide bonds. The highest BCUT2D eigenvalue weighted by Gasteiger charge is 2.24. The van der Waals surface area contributed by atoms with Crippen molar-refractivity contribution in [1.29, 1.82) is 0 Å². The standard InChI is InChI=1S/C31H34FN7O3/c1-5-27(40)34-21-8-6-7-20(15-21)23-17-28(41)37(4)26-18-33-30(36-29(23)26)35-22-9-10-25(24(32)16-22)39-13-11-38(12-14-39)19-31(2,3)42/h5-10,15-18,42H,1,11-14,19H2,2-4H3,(H,34,40)(H,33,35,36). The zero-order valence-corrected chi connectivity index (χ0v) is 23.9. The van der Waals surface area contributed by atoms with E-state index in [9.17, 15) is 14.7 Å². The number of carbonyl (C=O) groups excluding carboxylic acids is 1. The number of benzene rings is 2. The molecule has 0 spiro atoms. The molecule has 3 N–H and O–H groups in total. The summed E-state index contributed by atoms with van der Waals surface area (Å²) in [4.78, 5) is 37.8. The van der Waals surface area contributed by atoms with Crippen molar-refractivity contribution in [2.24, 2.45) is 7.05 Å². The van der Waals surface area contributed by atoms with Crippen molar-refractivity contribution in [3.05, 3.63) is 83.6 Å². The van der Waals surface area contributed by atoms with Gasteiger partial charge in [0.25, 0.3) is 5.56 Å². The van der Waals surface area contributed by atoms with Crippen molar-refractivity contribution in [1.82, 2.24) is 19.4 Å². The van der Waals surface area contributed by atoms with Crippen LogP contribution in [0.3, 0.4) is 0 Å². The number of anilines is 4. The van der Waals surface area contributed by atoms with Gasteiger partial charge < -0.3 is 25.2 Å². The first-order valence-corrected chi connectivity index (χ1v) is 13.7. The molecule has 1 fully saturated rings. The van der Waals surface area contributed by atoms with E-state index in [1.54, 1.807) is 57.4 Å². The second-order valence-electron chi connectivity index (χ2n) is 11.0. The van der Waals surface area contributed by atoms with E-state index < -0.39 is 5.60 Å². The molecule has 218 valence electrons. The summed E-state index contributed by atoms with van der Waals surface area (Å²) >= 11 is 0. The first-order chi connectivity index (χ1) is 20.0.